The fraction of sp³-hybridized carbons (Fsp3) is 0.292. The molecule has 0 bridgehead atoms. The fourth-order valence-electron chi connectivity index (χ4n) is 3.39. The van der Waals surface area contributed by atoms with Gasteiger partial charge in [0.25, 0.3) is 5.91 Å². The van der Waals surface area contributed by atoms with Gasteiger partial charge in [-0.1, -0.05) is 31.2 Å². The Balaban J connectivity index is 1.68. The lowest BCUT2D eigenvalue weighted by molar-refractivity contribution is 0.0825. The van der Waals surface area contributed by atoms with Crippen LogP contribution < -0.4 is 10.6 Å². The van der Waals surface area contributed by atoms with Gasteiger partial charge in [-0.05, 0) is 41.7 Å². The number of rotatable bonds is 10. The molecule has 0 aliphatic rings. The zero-order chi connectivity index (χ0) is 22.9. The van der Waals surface area contributed by atoms with E-state index in [1.807, 2.05) is 12.1 Å². The minimum atomic E-state index is -1.02. The molecule has 1 amide bonds. The molecule has 3 rings (SSSR count). The van der Waals surface area contributed by atoms with E-state index in [9.17, 15) is 18.7 Å². The van der Waals surface area contributed by atoms with Crippen LogP contribution in [0.15, 0.2) is 61.1 Å². The molecule has 0 unspecified atom stereocenters. The van der Waals surface area contributed by atoms with E-state index < -0.39 is 29.7 Å². The van der Waals surface area contributed by atoms with Crippen molar-refractivity contribution in [1.82, 2.24) is 20.6 Å². The summed E-state index contributed by atoms with van der Waals surface area (Å²) >= 11 is 0. The van der Waals surface area contributed by atoms with Gasteiger partial charge in [0.2, 0.25) is 0 Å². The average Bonchev–Trinajstić information content (AvgIpc) is 2.78. The average molecular weight is 440 g/mol. The van der Waals surface area contributed by atoms with E-state index in [4.69, 9.17) is 0 Å². The van der Waals surface area contributed by atoms with Crippen LogP contribution in [0.3, 0.4) is 0 Å². The summed E-state index contributed by atoms with van der Waals surface area (Å²) in [5.41, 5.74) is 2.69. The summed E-state index contributed by atoms with van der Waals surface area (Å²) in [6.45, 7) is 2.78. The minimum Gasteiger partial charge on any atom is -0.390 e. The molecule has 1 aromatic heterocycles. The van der Waals surface area contributed by atoms with Gasteiger partial charge in [-0.15, -0.1) is 0 Å². The van der Waals surface area contributed by atoms with Crippen molar-refractivity contribution >= 4 is 5.91 Å². The van der Waals surface area contributed by atoms with Gasteiger partial charge in [0.05, 0.1) is 18.3 Å². The maximum Gasteiger partial charge on any atom is 0.271 e. The zero-order valence-electron chi connectivity index (χ0n) is 17.8. The van der Waals surface area contributed by atoms with Crippen molar-refractivity contribution in [2.75, 3.05) is 6.54 Å². The topological polar surface area (TPSA) is 87.1 Å². The highest BCUT2D eigenvalue weighted by atomic mass is 19.1. The number of aryl methyl sites for hydroxylation is 1. The molecule has 3 aromatic rings. The van der Waals surface area contributed by atoms with E-state index in [2.05, 4.69) is 39.7 Å². The number of aliphatic hydroxyl groups excluding tert-OH is 1. The number of hydrogen-bond acceptors (Lipinski definition) is 5. The van der Waals surface area contributed by atoms with Crippen LogP contribution in [0, 0.1) is 11.6 Å². The highest BCUT2D eigenvalue weighted by Gasteiger charge is 2.23. The standard InChI is InChI=1S/C24H26F2N4O2/c1-2-16-4-3-5-17(8-16)13-28-15-23(31)21(11-18-9-19(25)12-20(26)10-18)30-24(32)22-14-27-6-7-29-22/h3-10,12,14,21,23,28,31H,2,11,13,15H2,1H3,(H,30,32)/t21-,23+/m0/s1. The van der Waals surface area contributed by atoms with Gasteiger partial charge < -0.3 is 15.7 Å². The van der Waals surface area contributed by atoms with Gasteiger partial charge in [-0.25, -0.2) is 13.8 Å². The summed E-state index contributed by atoms with van der Waals surface area (Å²) in [5, 5.41) is 16.7. The van der Waals surface area contributed by atoms with E-state index in [-0.39, 0.29) is 18.7 Å². The predicted octanol–water partition coefficient (Wildman–Crippen LogP) is 2.81. The molecular formula is C24H26F2N4O2. The molecule has 0 aliphatic carbocycles. The number of carbonyl (C=O) groups is 1. The summed E-state index contributed by atoms with van der Waals surface area (Å²) < 4.78 is 27.3. The first kappa shape index (κ1) is 23.4. The lowest BCUT2D eigenvalue weighted by Gasteiger charge is -2.25. The molecule has 0 saturated carbocycles. The Morgan fingerprint density at radius 3 is 2.50 bits per heavy atom. The molecular weight excluding hydrogens is 414 g/mol. The summed E-state index contributed by atoms with van der Waals surface area (Å²) in [7, 11) is 0. The third-order valence-electron chi connectivity index (χ3n) is 5.04. The lowest BCUT2D eigenvalue weighted by Crippen LogP contribution is -2.48. The number of aliphatic hydroxyl groups is 1. The SMILES string of the molecule is CCc1cccc(CNC[C@@H](O)[C@H](Cc2cc(F)cc(F)c2)NC(=O)c2cnccn2)c1. The number of hydrogen-bond donors (Lipinski definition) is 3. The fourth-order valence-corrected chi connectivity index (χ4v) is 3.39. The Labute approximate surface area is 185 Å². The summed E-state index contributed by atoms with van der Waals surface area (Å²) in [6.07, 6.45) is 4.08. The van der Waals surface area contributed by atoms with Crippen molar-refractivity contribution in [3.8, 4) is 0 Å². The summed E-state index contributed by atoms with van der Waals surface area (Å²) in [5.74, 6) is -1.97. The number of halogens is 2. The first-order chi connectivity index (χ1) is 15.4. The van der Waals surface area contributed by atoms with E-state index >= 15 is 0 Å². The molecule has 6 nitrogen and oxygen atoms in total. The molecule has 8 heteroatoms. The van der Waals surface area contributed by atoms with E-state index in [1.165, 1.54) is 36.3 Å². The van der Waals surface area contributed by atoms with Crippen LogP contribution in [0.5, 0.6) is 0 Å². The Bertz CT molecular complexity index is 1010. The number of nitrogens with one attached hydrogen (secondary N) is 2. The van der Waals surface area contributed by atoms with Crippen molar-refractivity contribution in [1.29, 1.82) is 0 Å². The second-order valence-electron chi connectivity index (χ2n) is 7.52. The molecule has 0 aliphatic heterocycles. The van der Waals surface area contributed by atoms with E-state index in [0.29, 0.717) is 12.1 Å². The first-order valence-electron chi connectivity index (χ1n) is 10.4. The molecule has 32 heavy (non-hydrogen) atoms. The second-order valence-corrected chi connectivity index (χ2v) is 7.52. The summed E-state index contributed by atoms with van der Waals surface area (Å²) in [6, 6.07) is 10.4. The lowest BCUT2D eigenvalue weighted by atomic mass is 10.00. The number of nitrogens with zero attached hydrogens (tertiary/aromatic N) is 2. The van der Waals surface area contributed by atoms with Crippen molar-refractivity contribution in [2.24, 2.45) is 0 Å². The molecule has 168 valence electrons. The maximum absolute atomic E-state index is 13.6. The molecule has 0 saturated heterocycles. The number of amides is 1. The van der Waals surface area contributed by atoms with Crippen LogP contribution >= 0.6 is 0 Å². The Morgan fingerprint density at radius 1 is 1.06 bits per heavy atom. The molecule has 0 spiro atoms. The van der Waals surface area contributed by atoms with Crippen molar-refractivity contribution in [2.45, 2.75) is 38.5 Å². The third kappa shape index (κ3) is 6.90. The van der Waals surface area contributed by atoms with Crippen LogP contribution in [-0.2, 0) is 19.4 Å². The van der Waals surface area contributed by atoms with Gasteiger partial charge in [0, 0.05) is 31.5 Å². The van der Waals surface area contributed by atoms with Gasteiger partial charge in [-0.2, -0.15) is 0 Å². The van der Waals surface area contributed by atoms with Gasteiger partial charge in [0.15, 0.2) is 0 Å². The second kappa shape index (κ2) is 11.4. The molecule has 0 radical (unpaired) electrons. The highest BCUT2D eigenvalue weighted by molar-refractivity contribution is 5.92. The van der Waals surface area contributed by atoms with Crippen LogP contribution in [0.1, 0.15) is 34.1 Å². The smallest absolute Gasteiger partial charge is 0.271 e. The van der Waals surface area contributed by atoms with Crippen molar-refractivity contribution in [3.63, 3.8) is 0 Å². The van der Waals surface area contributed by atoms with Gasteiger partial charge in [-0.3, -0.25) is 9.78 Å². The van der Waals surface area contributed by atoms with Gasteiger partial charge in [0.1, 0.15) is 17.3 Å². The first-order valence-corrected chi connectivity index (χ1v) is 10.4. The zero-order valence-corrected chi connectivity index (χ0v) is 17.8. The summed E-state index contributed by atoms with van der Waals surface area (Å²) in [4.78, 5) is 20.4. The molecule has 2 aromatic carbocycles. The number of benzene rings is 2. The molecule has 0 fully saturated rings. The molecule has 3 N–H and O–H groups in total. The monoisotopic (exact) mass is 440 g/mol. The Kier molecular flexibility index (Phi) is 8.35. The van der Waals surface area contributed by atoms with E-state index in [0.717, 1.165) is 18.1 Å². The minimum absolute atomic E-state index is 0.0366. The highest BCUT2D eigenvalue weighted by Crippen LogP contribution is 2.13. The Hall–Kier alpha value is -3.23. The maximum atomic E-state index is 13.6. The van der Waals surface area contributed by atoms with Crippen LogP contribution in [0.25, 0.3) is 0 Å². The van der Waals surface area contributed by atoms with Gasteiger partial charge >= 0.3 is 0 Å². The molecule has 1 heterocycles. The van der Waals surface area contributed by atoms with Crippen molar-refractivity contribution in [3.05, 3.63) is 95.1 Å². The van der Waals surface area contributed by atoms with Crippen LogP contribution in [-0.4, -0.2) is 39.7 Å². The Morgan fingerprint density at radius 2 is 1.81 bits per heavy atom. The van der Waals surface area contributed by atoms with Crippen LogP contribution in [0.4, 0.5) is 8.78 Å². The van der Waals surface area contributed by atoms with Crippen LogP contribution in [0.2, 0.25) is 0 Å². The third-order valence-corrected chi connectivity index (χ3v) is 5.04. The predicted molar refractivity (Wildman–Crippen MR) is 117 cm³/mol. The van der Waals surface area contributed by atoms with E-state index in [1.54, 1.807) is 0 Å². The largest absolute Gasteiger partial charge is 0.390 e. The number of carbonyl (C=O) groups excluding carboxylic acids is 1. The quantitative estimate of drug-likeness (QED) is 0.451. The molecule has 2 atom stereocenters. The van der Waals surface area contributed by atoms with Crippen molar-refractivity contribution < 1.29 is 18.7 Å². The number of aromatic nitrogens is 2. The normalized spacial score (nSPS) is 12.9.